The molecule has 1 saturated heterocycles. The molecule has 1 atom stereocenters. The van der Waals surface area contributed by atoms with E-state index in [2.05, 4.69) is 20.1 Å². The molecular formula is C13H28O3Si. The van der Waals surface area contributed by atoms with Crippen molar-refractivity contribution in [3.63, 3.8) is 0 Å². The van der Waals surface area contributed by atoms with Crippen LogP contribution >= 0.6 is 0 Å². The molecule has 17 heavy (non-hydrogen) atoms. The number of hydrogen-bond acceptors (Lipinski definition) is 3. The first kappa shape index (κ1) is 16.8. The first-order valence-electron chi connectivity index (χ1n) is 6.35. The van der Waals surface area contributed by atoms with Gasteiger partial charge < -0.3 is 13.6 Å². The average Bonchev–Trinajstić information content (AvgIpc) is 2.42. The van der Waals surface area contributed by atoms with Gasteiger partial charge >= 0.3 is 8.56 Å². The zero-order chi connectivity index (χ0) is 13.4. The van der Waals surface area contributed by atoms with Crippen molar-refractivity contribution in [2.75, 3.05) is 21.3 Å². The first-order chi connectivity index (χ1) is 8.20. The first-order valence-corrected chi connectivity index (χ1v) is 8.38. The molecule has 1 heterocycles. The van der Waals surface area contributed by atoms with Gasteiger partial charge in [0.05, 0.1) is 0 Å². The summed E-state index contributed by atoms with van der Waals surface area (Å²) >= 11 is 0. The fourth-order valence-corrected chi connectivity index (χ4v) is 6.91. The molecule has 1 unspecified atom stereocenters. The van der Waals surface area contributed by atoms with E-state index in [-0.39, 0.29) is 5.22 Å². The Hall–Kier alpha value is -0.163. The molecule has 0 saturated carbocycles. The van der Waals surface area contributed by atoms with E-state index in [1.165, 1.54) is 12.8 Å². The van der Waals surface area contributed by atoms with E-state index in [0.29, 0.717) is 0 Å². The van der Waals surface area contributed by atoms with Crippen LogP contribution < -0.4 is 0 Å². The van der Waals surface area contributed by atoms with Crippen LogP contribution in [0.3, 0.4) is 0 Å². The second-order valence-corrected chi connectivity index (χ2v) is 8.05. The molecule has 1 aliphatic heterocycles. The largest absolute Gasteiger partial charge is 0.396 e. The zero-order valence-corrected chi connectivity index (χ0v) is 12.9. The molecule has 0 N–H and O–H groups in total. The van der Waals surface area contributed by atoms with Gasteiger partial charge in [0, 0.05) is 21.3 Å². The van der Waals surface area contributed by atoms with Gasteiger partial charge in [-0.05, 0) is 18.9 Å². The molecule has 3 nitrogen and oxygen atoms in total. The fourth-order valence-electron chi connectivity index (χ4n) is 2.92. The molecule has 4 heteroatoms. The monoisotopic (exact) mass is 260 g/mol. The second kappa shape index (κ2) is 8.03. The quantitative estimate of drug-likeness (QED) is 0.560. The van der Waals surface area contributed by atoms with Gasteiger partial charge in [0.1, 0.15) is 5.22 Å². The lowest BCUT2D eigenvalue weighted by molar-refractivity contribution is -0.0149. The molecule has 0 bridgehead atoms. The van der Waals surface area contributed by atoms with Crippen molar-refractivity contribution >= 4 is 8.56 Å². The molecule has 0 spiro atoms. The van der Waals surface area contributed by atoms with Crippen molar-refractivity contribution in [1.82, 2.24) is 0 Å². The zero-order valence-electron chi connectivity index (χ0n) is 11.9. The minimum Gasteiger partial charge on any atom is -0.396 e. The molecule has 1 aliphatic rings. The van der Waals surface area contributed by atoms with Crippen LogP contribution in [0.15, 0.2) is 13.2 Å². The summed E-state index contributed by atoms with van der Waals surface area (Å²) in [6.07, 6.45) is 5.70. The van der Waals surface area contributed by atoms with Gasteiger partial charge in [0.2, 0.25) is 0 Å². The van der Waals surface area contributed by atoms with Gasteiger partial charge in [-0.3, -0.25) is 0 Å². The Labute approximate surface area is 107 Å². The van der Waals surface area contributed by atoms with Gasteiger partial charge in [-0.1, -0.05) is 26.2 Å². The summed E-state index contributed by atoms with van der Waals surface area (Å²) < 4.78 is 17.4. The van der Waals surface area contributed by atoms with Gasteiger partial charge in [0.15, 0.2) is 0 Å². The van der Waals surface area contributed by atoms with Crippen LogP contribution in [0.4, 0.5) is 0 Å². The SMILES string of the molecule is C=C.CCCC1(OC)CCCC[Si]1(OC)OC. The maximum atomic E-state index is 5.83. The van der Waals surface area contributed by atoms with Crippen LogP contribution in [-0.2, 0) is 13.6 Å². The highest BCUT2D eigenvalue weighted by Crippen LogP contribution is 2.42. The molecular weight excluding hydrogens is 232 g/mol. The molecule has 0 aromatic rings. The third kappa shape index (κ3) is 3.19. The second-order valence-electron chi connectivity index (χ2n) is 4.32. The van der Waals surface area contributed by atoms with E-state index in [0.717, 1.165) is 25.3 Å². The highest BCUT2D eigenvalue weighted by Gasteiger charge is 2.58. The molecule has 0 aromatic carbocycles. The Morgan fingerprint density at radius 2 is 1.71 bits per heavy atom. The Morgan fingerprint density at radius 1 is 1.12 bits per heavy atom. The van der Waals surface area contributed by atoms with Crippen molar-refractivity contribution in [2.24, 2.45) is 0 Å². The van der Waals surface area contributed by atoms with Gasteiger partial charge in [-0.25, -0.2) is 0 Å². The van der Waals surface area contributed by atoms with Crippen LogP contribution in [-0.4, -0.2) is 35.1 Å². The van der Waals surface area contributed by atoms with Crippen LogP contribution in [0.2, 0.25) is 6.04 Å². The lowest BCUT2D eigenvalue weighted by Gasteiger charge is -2.47. The Balaban J connectivity index is 0.00000121. The molecule has 1 rings (SSSR count). The van der Waals surface area contributed by atoms with E-state index < -0.39 is 8.56 Å². The van der Waals surface area contributed by atoms with Crippen LogP contribution in [0.1, 0.15) is 39.0 Å². The maximum Gasteiger partial charge on any atom is 0.370 e. The van der Waals surface area contributed by atoms with Gasteiger partial charge in [-0.2, -0.15) is 0 Å². The normalized spacial score (nSPS) is 27.1. The van der Waals surface area contributed by atoms with Crippen molar-refractivity contribution in [1.29, 1.82) is 0 Å². The Bertz CT molecular complexity index is 203. The maximum absolute atomic E-state index is 5.83. The summed E-state index contributed by atoms with van der Waals surface area (Å²) in [5.41, 5.74) is 0. The standard InChI is InChI=1S/C11H24O3Si.C2H4/c1-5-8-11(12-2)9-6-7-10-15(11,13-3)14-4;1-2/h5-10H2,1-4H3;1-2H2. The number of methoxy groups -OCH3 is 1. The molecule has 1 fully saturated rings. The minimum atomic E-state index is -2.15. The van der Waals surface area contributed by atoms with E-state index in [1.54, 1.807) is 21.3 Å². The number of hydrogen-bond donors (Lipinski definition) is 0. The topological polar surface area (TPSA) is 27.7 Å². The van der Waals surface area contributed by atoms with Crippen LogP contribution in [0, 0.1) is 0 Å². The summed E-state index contributed by atoms with van der Waals surface area (Å²) in [6, 6.07) is 1.06. The minimum absolute atomic E-state index is 0.122. The number of ether oxygens (including phenoxy) is 1. The lowest BCUT2D eigenvalue weighted by Crippen LogP contribution is -2.64. The van der Waals surface area contributed by atoms with Gasteiger partial charge in [0.25, 0.3) is 0 Å². The van der Waals surface area contributed by atoms with Crippen molar-refractivity contribution < 1.29 is 13.6 Å². The third-order valence-electron chi connectivity index (χ3n) is 3.73. The molecule has 0 aliphatic carbocycles. The molecule has 0 amide bonds. The Kier molecular flexibility index (Phi) is 7.95. The third-order valence-corrected chi connectivity index (χ3v) is 8.16. The summed E-state index contributed by atoms with van der Waals surface area (Å²) in [4.78, 5) is 0. The summed E-state index contributed by atoms with van der Waals surface area (Å²) in [5, 5.41) is -0.122. The highest BCUT2D eigenvalue weighted by atomic mass is 28.4. The van der Waals surface area contributed by atoms with E-state index in [4.69, 9.17) is 13.6 Å². The lowest BCUT2D eigenvalue weighted by atomic mass is 10.1. The van der Waals surface area contributed by atoms with Crippen LogP contribution in [0.5, 0.6) is 0 Å². The molecule has 102 valence electrons. The summed E-state index contributed by atoms with van der Waals surface area (Å²) in [7, 11) is 3.22. The smallest absolute Gasteiger partial charge is 0.370 e. The van der Waals surface area contributed by atoms with Gasteiger partial charge in [-0.15, -0.1) is 13.2 Å². The summed E-state index contributed by atoms with van der Waals surface area (Å²) in [5.74, 6) is 0. The van der Waals surface area contributed by atoms with E-state index >= 15 is 0 Å². The van der Waals surface area contributed by atoms with Crippen molar-refractivity contribution in [2.45, 2.75) is 50.3 Å². The summed E-state index contributed by atoms with van der Waals surface area (Å²) in [6.45, 7) is 8.19. The fraction of sp³-hybridized carbons (Fsp3) is 0.846. The van der Waals surface area contributed by atoms with Crippen LogP contribution in [0.25, 0.3) is 0 Å². The average molecular weight is 260 g/mol. The van der Waals surface area contributed by atoms with E-state index in [9.17, 15) is 0 Å². The predicted molar refractivity (Wildman–Crippen MR) is 74.3 cm³/mol. The van der Waals surface area contributed by atoms with Crippen molar-refractivity contribution in [3.05, 3.63) is 13.2 Å². The van der Waals surface area contributed by atoms with E-state index in [1.807, 2.05) is 0 Å². The molecule has 0 aromatic heterocycles. The Morgan fingerprint density at radius 3 is 2.12 bits per heavy atom. The molecule has 0 radical (unpaired) electrons. The highest BCUT2D eigenvalue weighted by molar-refractivity contribution is 6.70. The predicted octanol–water partition coefficient (Wildman–Crippen LogP) is 3.43. The van der Waals surface area contributed by atoms with Crippen molar-refractivity contribution in [3.8, 4) is 0 Å². The number of rotatable bonds is 5.